The van der Waals surface area contributed by atoms with Gasteiger partial charge in [-0.05, 0) is 18.6 Å². The number of phenols is 1. The van der Waals surface area contributed by atoms with Gasteiger partial charge in [0.25, 0.3) is 0 Å². The summed E-state index contributed by atoms with van der Waals surface area (Å²) >= 11 is 7.67. The number of para-hydroxylation sites is 1. The summed E-state index contributed by atoms with van der Waals surface area (Å²) in [4.78, 5) is 8.58. The average Bonchev–Trinajstić information content (AvgIpc) is 2.73. The van der Waals surface area contributed by atoms with Crippen LogP contribution in [0, 0.1) is 0 Å². The van der Waals surface area contributed by atoms with Crippen LogP contribution in [0.2, 0.25) is 0 Å². The van der Waals surface area contributed by atoms with Crippen LogP contribution in [0.5, 0.6) is 5.75 Å². The Labute approximate surface area is 122 Å². The minimum absolute atomic E-state index is 0.210. The fraction of sp³-hybridized carbons (Fsp3) is 0.286. The van der Waals surface area contributed by atoms with Gasteiger partial charge in [0.05, 0.1) is 0 Å². The quantitative estimate of drug-likeness (QED) is 0.843. The zero-order chi connectivity index (χ0) is 13.7. The zero-order valence-electron chi connectivity index (χ0n) is 10.6. The average molecular weight is 295 g/mol. The van der Waals surface area contributed by atoms with Crippen LogP contribution in [-0.2, 0) is 0 Å². The van der Waals surface area contributed by atoms with Crippen molar-refractivity contribution in [1.29, 1.82) is 0 Å². The highest BCUT2D eigenvalue weighted by Gasteiger charge is 2.15. The van der Waals surface area contributed by atoms with Crippen LogP contribution in [0.25, 0.3) is 6.08 Å². The number of rotatable bonds is 4. The molecule has 0 atom stereocenters. The monoisotopic (exact) mass is 294 g/mol. The van der Waals surface area contributed by atoms with Gasteiger partial charge in [0.1, 0.15) is 11.4 Å². The maximum absolute atomic E-state index is 9.72. The number of aromatic hydroxyl groups is 1. The molecule has 0 unspecified atom stereocenters. The molecule has 0 aromatic heterocycles. The van der Waals surface area contributed by atoms with Crippen molar-refractivity contribution < 1.29 is 5.11 Å². The minimum Gasteiger partial charge on any atom is -0.507 e. The van der Waals surface area contributed by atoms with Crippen LogP contribution in [0.1, 0.15) is 25.3 Å². The highest BCUT2D eigenvalue weighted by molar-refractivity contribution is 8.13. The van der Waals surface area contributed by atoms with E-state index in [-0.39, 0.29) is 5.75 Å². The lowest BCUT2D eigenvalue weighted by Gasteiger charge is -1.98. The third-order valence-corrected chi connectivity index (χ3v) is 3.79. The Morgan fingerprint density at radius 2 is 2.11 bits per heavy atom. The third kappa shape index (κ3) is 3.85. The van der Waals surface area contributed by atoms with E-state index in [2.05, 4.69) is 16.9 Å². The lowest BCUT2D eigenvalue weighted by molar-refractivity contribution is 0.474. The van der Waals surface area contributed by atoms with Gasteiger partial charge in [-0.2, -0.15) is 0 Å². The summed E-state index contributed by atoms with van der Waals surface area (Å²) in [5, 5.41) is 10.8. The molecule has 1 N–H and O–H groups in total. The number of hydrogen-bond acceptors (Lipinski definition) is 4. The molecule has 0 radical (unpaired) electrons. The molecule has 1 aromatic rings. The van der Waals surface area contributed by atoms with Gasteiger partial charge in [-0.25, -0.2) is 9.98 Å². The maximum Gasteiger partial charge on any atom is 0.189 e. The Hall–Kier alpha value is -1.26. The van der Waals surface area contributed by atoms with Gasteiger partial charge in [-0.15, -0.1) is 0 Å². The molecule has 0 amide bonds. The number of thioether (sulfide) groups is 1. The fourth-order valence-electron chi connectivity index (χ4n) is 1.54. The summed E-state index contributed by atoms with van der Waals surface area (Å²) in [5.74, 6) is 1.20. The van der Waals surface area contributed by atoms with E-state index in [1.807, 2.05) is 12.1 Å². The summed E-state index contributed by atoms with van der Waals surface area (Å²) in [6, 6.07) is 7.07. The topological polar surface area (TPSA) is 45.0 Å². The van der Waals surface area contributed by atoms with Gasteiger partial charge in [-0.3, -0.25) is 0 Å². The molecule has 100 valence electrons. The highest BCUT2D eigenvalue weighted by atomic mass is 35.5. The number of aliphatic imine (C=N–C) groups is 2. The van der Waals surface area contributed by atoms with Crippen molar-refractivity contribution in [1.82, 2.24) is 0 Å². The van der Waals surface area contributed by atoms with E-state index in [1.54, 1.807) is 30.0 Å². The van der Waals surface area contributed by atoms with Gasteiger partial charge in [-0.1, -0.05) is 54.9 Å². The van der Waals surface area contributed by atoms with Crippen LogP contribution in [0.3, 0.4) is 0 Å². The van der Waals surface area contributed by atoms with Crippen LogP contribution in [-0.4, -0.2) is 21.2 Å². The first kappa shape index (κ1) is 14.2. The van der Waals surface area contributed by atoms with Crippen molar-refractivity contribution in [2.45, 2.75) is 19.8 Å². The molecule has 1 aliphatic heterocycles. The summed E-state index contributed by atoms with van der Waals surface area (Å²) < 4.78 is 0. The second kappa shape index (κ2) is 6.78. The smallest absolute Gasteiger partial charge is 0.189 e. The molecule has 0 saturated heterocycles. The van der Waals surface area contributed by atoms with Crippen LogP contribution >= 0.6 is 23.4 Å². The van der Waals surface area contributed by atoms with Crippen molar-refractivity contribution >= 4 is 39.8 Å². The number of allylic oxidation sites excluding steroid dienone is 1. The SMILES string of the molecule is CCCCSC1=NC(=Cc2ccccc2O)C(Cl)=N1. The summed E-state index contributed by atoms with van der Waals surface area (Å²) in [7, 11) is 0. The number of phenolic OH excluding ortho intramolecular Hbond substituents is 1. The van der Waals surface area contributed by atoms with Crippen LogP contribution in [0.15, 0.2) is 39.9 Å². The predicted octanol–water partition coefficient (Wildman–Crippen LogP) is 4.27. The van der Waals surface area contributed by atoms with Crippen molar-refractivity contribution in [3.05, 3.63) is 35.5 Å². The Morgan fingerprint density at radius 3 is 2.84 bits per heavy atom. The van der Waals surface area contributed by atoms with Gasteiger partial charge < -0.3 is 5.11 Å². The Kier molecular flexibility index (Phi) is 5.05. The van der Waals surface area contributed by atoms with E-state index in [4.69, 9.17) is 11.6 Å². The lowest BCUT2D eigenvalue weighted by Crippen LogP contribution is -1.86. The van der Waals surface area contributed by atoms with Gasteiger partial charge in [0.2, 0.25) is 0 Å². The van der Waals surface area contributed by atoms with E-state index in [1.165, 1.54) is 0 Å². The Bertz CT molecular complexity index is 552. The second-order valence-corrected chi connectivity index (χ2v) is 5.51. The Morgan fingerprint density at radius 1 is 1.32 bits per heavy atom. The first-order valence-electron chi connectivity index (χ1n) is 6.16. The molecule has 1 aromatic carbocycles. The fourth-order valence-corrected chi connectivity index (χ4v) is 2.70. The third-order valence-electron chi connectivity index (χ3n) is 2.58. The molecule has 19 heavy (non-hydrogen) atoms. The number of amidine groups is 1. The predicted molar refractivity (Wildman–Crippen MR) is 84.2 cm³/mol. The molecule has 5 heteroatoms. The van der Waals surface area contributed by atoms with E-state index in [9.17, 15) is 5.11 Å². The van der Waals surface area contributed by atoms with Crippen molar-refractivity contribution in [2.75, 3.05) is 5.75 Å². The molecule has 0 saturated carbocycles. The van der Waals surface area contributed by atoms with Crippen molar-refractivity contribution in [2.24, 2.45) is 9.98 Å². The molecular weight excluding hydrogens is 280 g/mol. The molecule has 0 spiro atoms. The molecule has 1 aliphatic rings. The first-order valence-corrected chi connectivity index (χ1v) is 7.53. The van der Waals surface area contributed by atoms with Gasteiger partial charge in [0.15, 0.2) is 10.3 Å². The van der Waals surface area contributed by atoms with E-state index < -0.39 is 0 Å². The molecule has 0 fully saturated rings. The van der Waals surface area contributed by atoms with Crippen LogP contribution in [0.4, 0.5) is 0 Å². The van der Waals surface area contributed by atoms with Gasteiger partial charge in [0, 0.05) is 11.3 Å². The summed E-state index contributed by atoms with van der Waals surface area (Å²) in [6.45, 7) is 2.15. The van der Waals surface area contributed by atoms with E-state index in [0.29, 0.717) is 21.6 Å². The molecule has 0 bridgehead atoms. The molecule has 0 aliphatic carbocycles. The number of halogens is 1. The molecular formula is C14H15ClN2OS. The highest BCUT2D eigenvalue weighted by Crippen LogP contribution is 2.25. The molecule has 3 nitrogen and oxygen atoms in total. The van der Waals surface area contributed by atoms with E-state index >= 15 is 0 Å². The standard InChI is InChI=1S/C14H15ClN2OS/c1-2-3-8-19-14-16-11(13(15)17-14)9-10-6-4-5-7-12(10)18/h4-7,9,18H,2-3,8H2,1H3. The summed E-state index contributed by atoms with van der Waals surface area (Å²) in [6.07, 6.45) is 4.03. The normalized spacial score (nSPS) is 16.6. The lowest BCUT2D eigenvalue weighted by atomic mass is 10.2. The van der Waals surface area contributed by atoms with E-state index in [0.717, 1.165) is 18.6 Å². The number of benzene rings is 1. The first-order chi connectivity index (χ1) is 9.20. The summed E-state index contributed by atoms with van der Waals surface area (Å²) in [5.41, 5.74) is 1.29. The number of unbranched alkanes of at least 4 members (excludes halogenated alkanes) is 1. The maximum atomic E-state index is 9.72. The molecule has 1 heterocycles. The second-order valence-electron chi connectivity index (χ2n) is 4.09. The minimum atomic E-state index is 0.210. The van der Waals surface area contributed by atoms with Crippen LogP contribution < -0.4 is 0 Å². The van der Waals surface area contributed by atoms with Crippen molar-refractivity contribution in [3.63, 3.8) is 0 Å². The van der Waals surface area contributed by atoms with Gasteiger partial charge >= 0.3 is 0 Å². The largest absolute Gasteiger partial charge is 0.507 e. The Balaban J connectivity index is 2.13. The molecule has 2 rings (SSSR count). The zero-order valence-corrected chi connectivity index (χ0v) is 12.2. The number of nitrogens with zero attached hydrogens (tertiary/aromatic N) is 2. The number of hydrogen-bond donors (Lipinski definition) is 1. The van der Waals surface area contributed by atoms with Crippen molar-refractivity contribution in [3.8, 4) is 5.75 Å².